The molecule has 3 rings (SSSR count). The Bertz CT molecular complexity index is 1050. The molecule has 1 amide bonds. The van der Waals surface area contributed by atoms with Crippen molar-refractivity contribution in [2.24, 2.45) is 0 Å². The summed E-state index contributed by atoms with van der Waals surface area (Å²) in [7, 11) is -3.46. The van der Waals surface area contributed by atoms with Crippen LogP contribution in [0.15, 0.2) is 16.3 Å². The number of carbonyl (C=O) groups is 2. The van der Waals surface area contributed by atoms with E-state index in [-0.39, 0.29) is 18.6 Å². The SMILES string of the molecule is Cc1[nH]c(C(=O)NCc2ccc(S(=O)(=O)N3CCCC3)s2)c(C)c1C(=O)OC(C)C. The van der Waals surface area contributed by atoms with Crippen LogP contribution in [0.25, 0.3) is 0 Å². The lowest BCUT2D eigenvalue weighted by molar-refractivity contribution is 0.0376. The molecule has 10 heteroatoms. The molecule has 3 heterocycles. The third-order valence-corrected chi connectivity index (χ3v) is 8.38. The molecule has 30 heavy (non-hydrogen) atoms. The van der Waals surface area contributed by atoms with Crippen LogP contribution in [0.1, 0.15) is 63.7 Å². The molecular weight excluding hydrogens is 426 g/mol. The molecule has 1 aliphatic rings. The molecule has 8 nitrogen and oxygen atoms in total. The van der Waals surface area contributed by atoms with Gasteiger partial charge in [-0.1, -0.05) is 0 Å². The van der Waals surface area contributed by atoms with E-state index in [1.807, 2.05) is 0 Å². The highest BCUT2D eigenvalue weighted by molar-refractivity contribution is 7.91. The van der Waals surface area contributed by atoms with Crippen LogP contribution in [-0.2, 0) is 21.3 Å². The Morgan fingerprint density at radius 1 is 1.23 bits per heavy atom. The van der Waals surface area contributed by atoms with Crippen LogP contribution in [0.3, 0.4) is 0 Å². The summed E-state index contributed by atoms with van der Waals surface area (Å²) >= 11 is 1.16. The third kappa shape index (κ3) is 4.60. The number of esters is 1. The largest absolute Gasteiger partial charge is 0.459 e. The van der Waals surface area contributed by atoms with E-state index in [2.05, 4.69) is 10.3 Å². The van der Waals surface area contributed by atoms with E-state index in [9.17, 15) is 18.0 Å². The molecule has 0 atom stereocenters. The van der Waals surface area contributed by atoms with Gasteiger partial charge in [0.1, 0.15) is 9.90 Å². The Kier molecular flexibility index (Phi) is 6.68. The molecule has 0 bridgehead atoms. The van der Waals surface area contributed by atoms with Crippen LogP contribution >= 0.6 is 11.3 Å². The van der Waals surface area contributed by atoms with E-state index in [1.54, 1.807) is 39.8 Å². The van der Waals surface area contributed by atoms with E-state index in [0.29, 0.717) is 39.8 Å². The number of aryl methyl sites for hydroxylation is 1. The van der Waals surface area contributed by atoms with Crippen molar-refractivity contribution in [1.82, 2.24) is 14.6 Å². The summed E-state index contributed by atoms with van der Waals surface area (Å²) in [6, 6.07) is 3.30. The summed E-state index contributed by atoms with van der Waals surface area (Å²) in [6.07, 6.45) is 1.51. The summed E-state index contributed by atoms with van der Waals surface area (Å²) in [5.74, 6) is -0.832. The van der Waals surface area contributed by atoms with Gasteiger partial charge in [-0.3, -0.25) is 4.79 Å². The number of rotatable bonds is 7. The molecular formula is C20H27N3O5S2. The maximum absolute atomic E-state index is 12.6. The van der Waals surface area contributed by atoms with Gasteiger partial charge in [-0.25, -0.2) is 13.2 Å². The summed E-state index contributed by atoms with van der Waals surface area (Å²) < 4.78 is 32.3. The molecule has 2 aromatic heterocycles. The Labute approximate surface area is 180 Å². The van der Waals surface area contributed by atoms with Gasteiger partial charge in [0.15, 0.2) is 0 Å². The quantitative estimate of drug-likeness (QED) is 0.627. The number of nitrogens with zero attached hydrogens (tertiary/aromatic N) is 1. The number of ether oxygens (including phenoxy) is 1. The third-order valence-electron chi connectivity index (χ3n) is 4.93. The average molecular weight is 454 g/mol. The first-order chi connectivity index (χ1) is 14.1. The van der Waals surface area contributed by atoms with Crippen LogP contribution in [-0.4, -0.2) is 48.8 Å². The number of carbonyl (C=O) groups excluding carboxylic acids is 2. The van der Waals surface area contributed by atoms with Crippen molar-refractivity contribution in [1.29, 1.82) is 0 Å². The zero-order valence-corrected chi connectivity index (χ0v) is 19.2. The molecule has 0 aromatic carbocycles. The Balaban J connectivity index is 1.68. The van der Waals surface area contributed by atoms with Crippen LogP contribution in [0.4, 0.5) is 0 Å². The monoisotopic (exact) mass is 453 g/mol. The predicted molar refractivity (Wildman–Crippen MR) is 114 cm³/mol. The Morgan fingerprint density at radius 2 is 1.90 bits per heavy atom. The van der Waals surface area contributed by atoms with E-state index < -0.39 is 16.0 Å². The molecule has 0 radical (unpaired) electrons. The maximum atomic E-state index is 12.6. The van der Waals surface area contributed by atoms with Gasteiger partial charge in [-0.2, -0.15) is 4.31 Å². The molecule has 2 aromatic rings. The molecule has 1 aliphatic heterocycles. The fourth-order valence-corrected chi connectivity index (χ4v) is 6.43. The van der Waals surface area contributed by atoms with Gasteiger partial charge in [-0.05, 0) is 58.2 Å². The number of sulfonamides is 1. The number of amides is 1. The molecule has 0 unspecified atom stereocenters. The van der Waals surface area contributed by atoms with E-state index >= 15 is 0 Å². The van der Waals surface area contributed by atoms with Gasteiger partial charge in [0.05, 0.1) is 18.2 Å². The summed E-state index contributed by atoms with van der Waals surface area (Å²) in [4.78, 5) is 28.6. The van der Waals surface area contributed by atoms with Crippen molar-refractivity contribution in [3.63, 3.8) is 0 Å². The smallest absolute Gasteiger partial charge is 0.340 e. The summed E-state index contributed by atoms with van der Waals surface area (Å²) in [5.41, 5.74) is 1.76. The Morgan fingerprint density at radius 3 is 2.53 bits per heavy atom. The lowest BCUT2D eigenvalue weighted by atomic mass is 10.1. The molecule has 0 aliphatic carbocycles. The number of hydrogen-bond donors (Lipinski definition) is 2. The summed E-state index contributed by atoms with van der Waals surface area (Å²) in [5, 5.41) is 2.79. The van der Waals surface area contributed by atoms with Crippen molar-refractivity contribution in [3.8, 4) is 0 Å². The second kappa shape index (κ2) is 8.91. The number of H-pyrrole nitrogens is 1. The van der Waals surface area contributed by atoms with Crippen molar-refractivity contribution in [2.75, 3.05) is 13.1 Å². The highest BCUT2D eigenvalue weighted by Gasteiger charge is 2.28. The lowest BCUT2D eigenvalue weighted by Gasteiger charge is -2.13. The second-order valence-electron chi connectivity index (χ2n) is 7.59. The Hall–Kier alpha value is -2.17. The highest BCUT2D eigenvalue weighted by Crippen LogP contribution is 2.27. The van der Waals surface area contributed by atoms with E-state index in [1.165, 1.54) is 4.31 Å². The predicted octanol–water partition coefficient (Wildman–Crippen LogP) is 2.97. The molecule has 1 fully saturated rings. The number of aromatic amines is 1. The minimum Gasteiger partial charge on any atom is -0.459 e. The molecule has 1 saturated heterocycles. The van der Waals surface area contributed by atoms with Gasteiger partial charge in [0.25, 0.3) is 15.9 Å². The topological polar surface area (TPSA) is 109 Å². The van der Waals surface area contributed by atoms with Crippen molar-refractivity contribution < 1.29 is 22.7 Å². The number of hydrogen-bond acceptors (Lipinski definition) is 6. The molecule has 2 N–H and O–H groups in total. The standard InChI is InChI=1S/C20H27N3O5S2/c1-12(2)28-20(25)17-13(3)18(22-14(17)4)19(24)21-11-15-7-8-16(29-15)30(26,27)23-9-5-6-10-23/h7-8,12,22H,5-6,9-11H2,1-4H3,(H,21,24). The molecule has 0 spiro atoms. The maximum Gasteiger partial charge on any atom is 0.340 e. The van der Waals surface area contributed by atoms with Gasteiger partial charge < -0.3 is 15.0 Å². The normalized spacial score (nSPS) is 15.0. The fraction of sp³-hybridized carbons (Fsp3) is 0.500. The first kappa shape index (κ1) is 22.5. The first-order valence-corrected chi connectivity index (χ1v) is 12.1. The number of aromatic nitrogens is 1. The fourth-order valence-electron chi connectivity index (χ4n) is 3.46. The zero-order chi connectivity index (χ0) is 22.1. The van der Waals surface area contributed by atoms with Gasteiger partial charge in [0, 0.05) is 23.7 Å². The van der Waals surface area contributed by atoms with Crippen molar-refractivity contribution in [2.45, 2.75) is 57.4 Å². The summed E-state index contributed by atoms with van der Waals surface area (Å²) in [6.45, 7) is 8.25. The van der Waals surface area contributed by atoms with Crippen LogP contribution in [0, 0.1) is 13.8 Å². The molecule has 164 valence electrons. The number of nitrogens with one attached hydrogen (secondary N) is 2. The molecule has 0 saturated carbocycles. The van der Waals surface area contributed by atoms with E-state index in [4.69, 9.17) is 4.74 Å². The second-order valence-corrected chi connectivity index (χ2v) is 10.9. The highest BCUT2D eigenvalue weighted by atomic mass is 32.2. The number of thiophene rings is 1. The minimum absolute atomic E-state index is 0.197. The van der Waals surface area contributed by atoms with Crippen molar-refractivity contribution >= 4 is 33.2 Å². The van der Waals surface area contributed by atoms with Crippen LogP contribution < -0.4 is 5.32 Å². The van der Waals surface area contributed by atoms with E-state index in [0.717, 1.165) is 29.1 Å². The van der Waals surface area contributed by atoms with Crippen LogP contribution in [0.2, 0.25) is 0 Å². The first-order valence-electron chi connectivity index (χ1n) is 9.88. The lowest BCUT2D eigenvalue weighted by Crippen LogP contribution is -2.27. The average Bonchev–Trinajstić information content (AvgIpc) is 3.40. The van der Waals surface area contributed by atoms with Crippen molar-refractivity contribution in [3.05, 3.63) is 39.5 Å². The van der Waals surface area contributed by atoms with Crippen LogP contribution in [0.5, 0.6) is 0 Å². The van der Waals surface area contributed by atoms with Gasteiger partial charge in [0.2, 0.25) is 0 Å². The van der Waals surface area contributed by atoms with Gasteiger partial charge in [-0.15, -0.1) is 11.3 Å². The van der Waals surface area contributed by atoms with Gasteiger partial charge >= 0.3 is 5.97 Å². The minimum atomic E-state index is -3.46. The zero-order valence-electron chi connectivity index (χ0n) is 17.6.